The number of hydrogen-bond acceptors (Lipinski definition) is 4. The largest absolute Gasteiger partial charge is 0.444 e. The fourth-order valence-corrected chi connectivity index (χ4v) is 4.81. The number of nitrogens with one attached hydrogen (secondary N) is 2. The number of carbonyl (C=O) groups excluding carboxylic acids is 1. The van der Waals surface area contributed by atoms with Gasteiger partial charge < -0.3 is 15.1 Å². The molecule has 1 aliphatic carbocycles. The van der Waals surface area contributed by atoms with E-state index in [0.717, 1.165) is 16.3 Å². The molecule has 5 nitrogen and oxygen atoms in total. The van der Waals surface area contributed by atoms with Crippen LogP contribution in [0.3, 0.4) is 0 Å². The van der Waals surface area contributed by atoms with E-state index in [-0.39, 0.29) is 11.8 Å². The average Bonchev–Trinajstić information content (AvgIpc) is 3.42. The first-order valence-electron chi connectivity index (χ1n) is 10.2. The normalized spacial score (nSPS) is 14.0. The van der Waals surface area contributed by atoms with Crippen LogP contribution in [0, 0.1) is 5.82 Å². The van der Waals surface area contributed by atoms with Gasteiger partial charge in [-0.25, -0.2) is 14.2 Å². The second-order valence-electron chi connectivity index (χ2n) is 7.30. The lowest BCUT2D eigenvalue weighted by Crippen LogP contribution is -2.30. The third-order valence-corrected chi connectivity index (χ3v) is 6.46. The Morgan fingerprint density at radius 1 is 1.13 bits per heavy atom. The summed E-state index contributed by atoms with van der Waals surface area (Å²) < 4.78 is 18.5. The molecular weight excluding hydrogens is 401 g/mol. The van der Waals surface area contributed by atoms with Gasteiger partial charge in [0.05, 0.1) is 11.4 Å². The van der Waals surface area contributed by atoms with Crippen molar-refractivity contribution in [2.75, 3.05) is 11.9 Å². The zero-order chi connectivity index (χ0) is 20.8. The number of para-hydroxylation sites is 1. The van der Waals surface area contributed by atoms with E-state index in [2.05, 4.69) is 21.7 Å². The van der Waals surface area contributed by atoms with E-state index in [9.17, 15) is 9.18 Å². The van der Waals surface area contributed by atoms with Crippen LogP contribution in [0.2, 0.25) is 0 Å². The molecule has 0 bridgehead atoms. The van der Waals surface area contributed by atoms with E-state index in [1.54, 1.807) is 18.4 Å². The van der Waals surface area contributed by atoms with E-state index in [4.69, 9.17) is 4.42 Å². The number of anilines is 1. The molecule has 0 saturated heterocycles. The molecule has 0 unspecified atom stereocenters. The maximum atomic E-state index is 13.0. The average molecular weight is 426 g/mol. The first kappa shape index (κ1) is 20.5. The van der Waals surface area contributed by atoms with Crippen molar-refractivity contribution < 1.29 is 13.6 Å². The molecule has 2 amide bonds. The Balaban J connectivity index is 1.27. The maximum absolute atomic E-state index is 13.0. The minimum atomic E-state index is -0.302. The molecule has 1 aromatic heterocycles. The molecule has 1 aliphatic rings. The number of benzene rings is 2. The van der Waals surface area contributed by atoms with Crippen LogP contribution in [0.15, 0.2) is 64.1 Å². The molecule has 0 radical (unpaired) electrons. The van der Waals surface area contributed by atoms with Crippen molar-refractivity contribution in [3.8, 4) is 11.5 Å². The lowest BCUT2D eigenvalue weighted by Gasteiger charge is -2.14. The minimum Gasteiger partial charge on any atom is -0.444 e. The summed E-state index contributed by atoms with van der Waals surface area (Å²) in [5.74, 6) is 0.135. The summed E-state index contributed by atoms with van der Waals surface area (Å²) in [6.45, 7) is 0.430. The molecule has 156 valence electrons. The molecule has 3 aromatic rings. The van der Waals surface area contributed by atoms with Gasteiger partial charge in [-0.3, -0.25) is 0 Å². The number of nitrogens with zero attached hydrogens (tertiary/aromatic N) is 1. The van der Waals surface area contributed by atoms with Crippen molar-refractivity contribution in [2.24, 2.45) is 0 Å². The van der Waals surface area contributed by atoms with Gasteiger partial charge >= 0.3 is 6.03 Å². The molecule has 0 aliphatic heterocycles. The van der Waals surface area contributed by atoms with E-state index >= 15 is 0 Å². The fourth-order valence-electron chi connectivity index (χ4n) is 3.48. The van der Waals surface area contributed by atoms with Crippen LogP contribution in [0.4, 0.5) is 14.9 Å². The Bertz CT molecular complexity index is 984. The van der Waals surface area contributed by atoms with E-state index in [0.29, 0.717) is 29.7 Å². The quantitative estimate of drug-likeness (QED) is 0.496. The van der Waals surface area contributed by atoms with Crippen LogP contribution in [0.5, 0.6) is 0 Å². The Labute approximate surface area is 179 Å². The predicted octanol–water partition coefficient (Wildman–Crippen LogP) is 5.88. The predicted molar refractivity (Wildman–Crippen MR) is 117 cm³/mol. The molecule has 2 N–H and O–H groups in total. The van der Waals surface area contributed by atoms with Crippen molar-refractivity contribution >= 4 is 23.5 Å². The SMILES string of the molecule is O=C(NCCc1coc(-c2ccc(F)cc2)n1)Nc1ccccc1SC1CCCC1. The van der Waals surface area contributed by atoms with Crippen molar-refractivity contribution in [1.82, 2.24) is 10.3 Å². The Kier molecular flexibility index (Phi) is 6.69. The standard InChI is InChI=1S/C23H24FN3O2S/c24-17-11-9-16(10-12-17)22-26-18(15-29-22)13-14-25-23(28)27-20-7-3-4-8-21(20)30-19-5-1-2-6-19/h3-4,7-12,15,19H,1-2,5-6,13-14H2,(H2,25,27,28). The third-order valence-electron chi connectivity index (χ3n) is 5.04. The number of rotatable bonds is 7. The van der Waals surface area contributed by atoms with Gasteiger partial charge in [-0.15, -0.1) is 11.8 Å². The molecule has 0 atom stereocenters. The Morgan fingerprint density at radius 3 is 2.70 bits per heavy atom. The zero-order valence-electron chi connectivity index (χ0n) is 16.6. The second-order valence-corrected chi connectivity index (χ2v) is 8.64. The molecule has 2 aromatic carbocycles. The number of carbonyl (C=O) groups is 1. The molecule has 0 spiro atoms. The molecule has 1 fully saturated rings. The number of aromatic nitrogens is 1. The number of urea groups is 1. The maximum Gasteiger partial charge on any atom is 0.319 e. The van der Waals surface area contributed by atoms with Gasteiger partial charge in [-0.05, 0) is 49.2 Å². The number of halogens is 1. The highest BCUT2D eigenvalue weighted by Crippen LogP contribution is 2.37. The van der Waals surface area contributed by atoms with Crippen LogP contribution in [-0.2, 0) is 6.42 Å². The number of oxazole rings is 1. The van der Waals surface area contributed by atoms with Gasteiger partial charge in [0.25, 0.3) is 0 Å². The molecule has 30 heavy (non-hydrogen) atoms. The number of hydrogen-bond donors (Lipinski definition) is 2. The van der Waals surface area contributed by atoms with Gasteiger partial charge in [0.1, 0.15) is 12.1 Å². The van der Waals surface area contributed by atoms with Crippen LogP contribution in [0.25, 0.3) is 11.5 Å². The highest BCUT2D eigenvalue weighted by Gasteiger charge is 2.18. The van der Waals surface area contributed by atoms with Gasteiger partial charge in [0.15, 0.2) is 0 Å². The summed E-state index contributed by atoms with van der Waals surface area (Å²) in [5.41, 5.74) is 2.28. The highest BCUT2D eigenvalue weighted by molar-refractivity contribution is 8.00. The molecule has 1 saturated carbocycles. The Morgan fingerprint density at radius 2 is 1.90 bits per heavy atom. The van der Waals surface area contributed by atoms with E-state index in [1.807, 2.05) is 30.0 Å². The first-order chi connectivity index (χ1) is 14.7. The highest BCUT2D eigenvalue weighted by atomic mass is 32.2. The van der Waals surface area contributed by atoms with Crippen molar-refractivity contribution in [2.45, 2.75) is 42.2 Å². The summed E-state index contributed by atoms with van der Waals surface area (Å²) in [6, 6.07) is 13.7. The summed E-state index contributed by atoms with van der Waals surface area (Å²) in [6.07, 6.45) is 7.16. The lowest BCUT2D eigenvalue weighted by atomic mass is 10.2. The zero-order valence-corrected chi connectivity index (χ0v) is 17.4. The first-order valence-corrected chi connectivity index (χ1v) is 11.1. The lowest BCUT2D eigenvalue weighted by molar-refractivity contribution is 0.252. The van der Waals surface area contributed by atoms with Gasteiger partial charge in [-0.2, -0.15) is 0 Å². The summed E-state index contributed by atoms with van der Waals surface area (Å²) in [7, 11) is 0. The molecule has 1 heterocycles. The van der Waals surface area contributed by atoms with Gasteiger partial charge in [0.2, 0.25) is 5.89 Å². The van der Waals surface area contributed by atoms with Crippen LogP contribution < -0.4 is 10.6 Å². The summed E-state index contributed by atoms with van der Waals surface area (Å²) in [4.78, 5) is 17.8. The van der Waals surface area contributed by atoms with Crippen molar-refractivity contribution in [3.63, 3.8) is 0 Å². The summed E-state index contributed by atoms with van der Waals surface area (Å²) in [5, 5.41) is 6.46. The monoisotopic (exact) mass is 425 g/mol. The topological polar surface area (TPSA) is 67.2 Å². The molecule has 7 heteroatoms. The van der Waals surface area contributed by atoms with Crippen molar-refractivity contribution in [1.29, 1.82) is 0 Å². The smallest absolute Gasteiger partial charge is 0.319 e. The van der Waals surface area contributed by atoms with Gasteiger partial charge in [-0.1, -0.05) is 25.0 Å². The second kappa shape index (κ2) is 9.80. The van der Waals surface area contributed by atoms with E-state index < -0.39 is 0 Å². The molecule has 4 rings (SSSR count). The van der Waals surface area contributed by atoms with Crippen LogP contribution in [-0.4, -0.2) is 22.8 Å². The van der Waals surface area contributed by atoms with E-state index in [1.165, 1.54) is 37.8 Å². The van der Waals surface area contributed by atoms with Gasteiger partial charge in [0, 0.05) is 28.7 Å². The Hall–Kier alpha value is -2.80. The molecular formula is C23H24FN3O2S. The van der Waals surface area contributed by atoms with Crippen molar-refractivity contribution in [3.05, 3.63) is 66.3 Å². The minimum absolute atomic E-state index is 0.239. The van der Waals surface area contributed by atoms with Crippen LogP contribution >= 0.6 is 11.8 Å². The number of thioether (sulfide) groups is 1. The number of amides is 2. The van der Waals surface area contributed by atoms with Crippen LogP contribution in [0.1, 0.15) is 31.4 Å². The third kappa shape index (κ3) is 5.42. The summed E-state index contributed by atoms with van der Waals surface area (Å²) >= 11 is 1.85. The fraction of sp³-hybridized carbons (Fsp3) is 0.304.